The average Bonchev–Trinajstić information content (AvgIpc) is 3.08. The Bertz CT molecular complexity index is 1160. The summed E-state index contributed by atoms with van der Waals surface area (Å²) in [4.78, 5) is 0.141. The molecule has 276 valence electrons. The fourth-order valence-corrected chi connectivity index (χ4v) is 8.35. The predicted molar refractivity (Wildman–Crippen MR) is 211 cm³/mol. The van der Waals surface area contributed by atoms with E-state index >= 15 is 0 Å². The van der Waals surface area contributed by atoms with Crippen LogP contribution in [0.2, 0.25) is 0 Å². The molecule has 1 N–H and O–H groups in total. The molecule has 0 saturated carbocycles. The topological polar surface area (TPSA) is 54.4 Å². The molecule has 0 aliphatic heterocycles. The van der Waals surface area contributed by atoms with Gasteiger partial charge in [0.2, 0.25) is 0 Å². The first-order valence-electron chi connectivity index (χ1n) is 21.0. The summed E-state index contributed by atoms with van der Waals surface area (Å²) in [7, 11) is -4.28. The largest absolute Gasteiger partial charge is 0.294 e. The van der Waals surface area contributed by atoms with Gasteiger partial charge in [-0.1, -0.05) is 218 Å². The van der Waals surface area contributed by atoms with Crippen LogP contribution in [0.25, 0.3) is 10.8 Å². The van der Waals surface area contributed by atoms with Gasteiger partial charge in [-0.3, -0.25) is 4.55 Å². The Morgan fingerprint density at radius 3 is 1.10 bits per heavy atom. The molecule has 0 saturated heterocycles. The van der Waals surface area contributed by atoms with Gasteiger partial charge in [0.1, 0.15) is 0 Å². The van der Waals surface area contributed by atoms with Crippen LogP contribution in [0, 0.1) is 0 Å². The third kappa shape index (κ3) is 19.7. The number of hydrogen-bond acceptors (Lipinski definition) is 2. The molecule has 0 aliphatic rings. The molecule has 0 spiro atoms. The molecule has 0 heterocycles. The Morgan fingerprint density at radius 2 is 0.750 bits per heavy atom. The molecule has 0 radical (unpaired) electrons. The fourth-order valence-electron chi connectivity index (χ4n) is 7.54. The van der Waals surface area contributed by atoms with Gasteiger partial charge in [-0.25, -0.2) is 0 Å². The van der Waals surface area contributed by atoms with Crippen LogP contribution in [0.5, 0.6) is 0 Å². The summed E-state index contributed by atoms with van der Waals surface area (Å²) >= 11 is 0. The summed E-state index contributed by atoms with van der Waals surface area (Å²) in [6, 6.07) is 10.1. The molecule has 0 amide bonds. The number of benzene rings is 2. The maximum Gasteiger partial charge on any atom is 0.294 e. The van der Waals surface area contributed by atoms with Crippen molar-refractivity contribution in [2.75, 3.05) is 0 Å². The van der Waals surface area contributed by atoms with Crippen LogP contribution in [0.3, 0.4) is 0 Å². The number of unbranched alkanes of at least 4 members (excludes halogenated alkanes) is 28. The van der Waals surface area contributed by atoms with Crippen LogP contribution in [0.15, 0.2) is 35.2 Å². The first-order valence-corrected chi connectivity index (χ1v) is 22.4. The van der Waals surface area contributed by atoms with Crippen molar-refractivity contribution in [3.8, 4) is 0 Å². The van der Waals surface area contributed by atoms with Gasteiger partial charge in [0.15, 0.2) is 0 Å². The second-order valence-electron chi connectivity index (χ2n) is 14.9. The van der Waals surface area contributed by atoms with Crippen LogP contribution >= 0.6 is 0 Å². The zero-order valence-electron chi connectivity index (χ0n) is 31.7. The minimum absolute atomic E-state index is 0.141. The standard InChI is InChI=1S/C44H76O3S/c1-3-5-7-9-11-13-15-17-19-21-23-25-27-29-31-35-40-39-44(48(45,46)47)43(42-37-34-33-36-41(40)42)38-32-30-28-26-24-22-20-18-16-14-12-10-8-6-4-2/h33-34,36-37,39H,3-32,35,38H2,1-2H3,(H,45,46,47). The molecule has 2 aromatic rings. The van der Waals surface area contributed by atoms with Crippen molar-refractivity contribution in [3.05, 3.63) is 41.5 Å². The van der Waals surface area contributed by atoms with E-state index in [2.05, 4.69) is 32.0 Å². The highest BCUT2D eigenvalue weighted by atomic mass is 32.2. The third-order valence-corrected chi connectivity index (χ3v) is 11.5. The molecule has 0 unspecified atom stereocenters. The molecule has 0 aliphatic carbocycles. The van der Waals surface area contributed by atoms with E-state index in [1.807, 2.05) is 6.07 Å². The Balaban J connectivity index is 1.68. The zero-order chi connectivity index (χ0) is 34.5. The van der Waals surface area contributed by atoms with Gasteiger partial charge >= 0.3 is 0 Å². The molecule has 2 aromatic carbocycles. The first kappa shape index (κ1) is 42.8. The van der Waals surface area contributed by atoms with E-state index in [-0.39, 0.29) is 4.90 Å². The quantitative estimate of drug-likeness (QED) is 0.0601. The van der Waals surface area contributed by atoms with E-state index in [1.54, 1.807) is 6.07 Å². The van der Waals surface area contributed by atoms with Gasteiger partial charge in [-0.05, 0) is 53.6 Å². The van der Waals surface area contributed by atoms with Gasteiger partial charge in [0.05, 0.1) is 4.90 Å². The van der Waals surface area contributed by atoms with E-state index in [9.17, 15) is 13.0 Å². The lowest BCUT2D eigenvalue weighted by Crippen LogP contribution is -2.06. The van der Waals surface area contributed by atoms with E-state index < -0.39 is 10.1 Å². The first-order chi connectivity index (χ1) is 23.5. The van der Waals surface area contributed by atoms with Gasteiger partial charge in [-0.2, -0.15) is 8.42 Å². The molecule has 0 aromatic heterocycles. The predicted octanol–water partition coefficient (Wildman–Crippen LogP) is 14.9. The minimum atomic E-state index is -4.28. The number of fused-ring (bicyclic) bond motifs is 1. The van der Waals surface area contributed by atoms with Crippen LogP contribution in [0.1, 0.15) is 218 Å². The van der Waals surface area contributed by atoms with E-state index in [1.165, 1.54) is 173 Å². The average molecular weight is 685 g/mol. The van der Waals surface area contributed by atoms with Crippen LogP contribution in [0.4, 0.5) is 0 Å². The second-order valence-corrected chi connectivity index (χ2v) is 16.3. The van der Waals surface area contributed by atoms with Gasteiger partial charge < -0.3 is 0 Å². The fraction of sp³-hybridized carbons (Fsp3) is 0.773. The number of rotatable bonds is 33. The minimum Gasteiger partial charge on any atom is -0.282 e. The molecule has 0 fully saturated rings. The van der Waals surface area contributed by atoms with Crippen molar-refractivity contribution in [3.63, 3.8) is 0 Å². The van der Waals surface area contributed by atoms with Crippen molar-refractivity contribution in [2.24, 2.45) is 0 Å². The van der Waals surface area contributed by atoms with Gasteiger partial charge in [-0.15, -0.1) is 0 Å². The normalized spacial score (nSPS) is 12.0. The number of aryl methyl sites for hydroxylation is 2. The zero-order valence-corrected chi connectivity index (χ0v) is 32.5. The molecule has 2 rings (SSSR count). The smallest absolute Gasteiger partial charge is 0.282 e. The maximum absolute atomic E-state index is 12.6. The van der Waals surface area contributed by atoms with Gasteiger partial charge in [0.25, 0.3) is 10.1 Å². The molecule has 4 heteroatoms. The second kappa shape index (κ2) is 28.3. The lowest BCUT2D eigenvalue weighted by Gasteiger charge is -2.16. The van der Waals surface area contributed by atoms with Gasteiger partial charge in [0, 0.05) is 0 Å². The lowest BCUT2D eigenvalue weighted by atomic mass is 9.93. The Kier molecular flexibility index (Phi) is 25.2. The summed E-state index contributed by atoms with van der Waals surface area (Å²) in [5, 5.41) is 2.17. The third-order valence-electron chi connectivity index (χ3n) is 10.6. The monoisotopic (exact) mass is 685 g/mol. The van der Waals surface area contributed by atoms with E-state index in [4.69, 9.17) is 0 Å². The molecule has 0 atom stereocenters. The van der Waals surface area contributed by atoms with Crippen LogP contribution in [-0.4, -0.2) is 13.0 Å². The Hall–Kier alpha value is -1.39. The summed E-state index contributed by atoms with van der Waals surface area (Å²) in [6.45, 7) is 4.56. The molecular weight excluding hydrogens is 609 g/mol. The summed E-state index contributed by atoms with van der Waals surface area (Å²) in [5.41, 5.74) is 1.87. The van der Waals surface area contributed by atoms with E-state index in [0.717, 1.165) is 47.6 Å². The van der Waals surface area contributed by atoms with Crippen LogP contribution in [-0.2, 0) is 23.0 Å². The van der Waals surface area contributed by atoms with Crippen molar-refractivity contribution in [1.82, 2.24) is 0 Å². The molecule has 48 heavy (non-hydrogen) atoms. The highest BCUT2D eigenvalue weighted by Gasteiger charge is 2.20. The Labute approximate surface area is 298 Å². The maximum atomic E-state index is 12.6. The van der Waals surface area contributed by atoms with Crippen molar-refractivity contribution in [2.45, 2.75) is 224 Å². The molecule has 0 bridgehead atoms. The molecular formula is C44H76O3S. The summed E-state index contributed by atoms with van der Waals surface area (Å²) < 4.78 is 35.4. The highest BCUT2D eigenvalue weighted by Crippen LogP contribution is 2.32. The van der Waals surface area contributed by atoms with Crippen molar-refractivity contribution < 1.29 is 13.0 Å². The lowest BCUT2D eigenvalue weighted by molar-refractivity contribution is 0.481. The summed E-state index contributed by atoms with van der Waals surface area (Å²) in [6.07, 6.45) is 41.3. The Morgan fingerprint density at radius 1 is 0.438 bits per heavy atom. The SMILES string of the molecule is CCCCCCCCCCCCCCCCCc1cc(S(=O)(=O)O)c(CCCCCCCCCCCCCCCCC)c2ccccc12. The van der Waals surface area contributed by atoms with Crippen LogP contribution < -0.4 is 0 Å². The molecule has 3 nitrogen and oxygen atoms in total. The van der Waals surface area contributed by atoms with E-state index in [0.29, 0.717) is 6.42 Å². The summed E-state index contributed by atoms with van der Waals surface area (Å²) in [5.74, 6) is 0. The van der Waals surface area contributed by atoms with Crippen molar-refractivity contribution in [1.29, 1.82) is 0 Å². The highest BCUT2D eigenvalue weighted by molar-refractivity contribution is 7.85. The van der Waals surface area contributed by atoms with Crippen molar-refractivity contribution >= 4 is 20.9 Å². The number of hydrogen-bond donors (Lipinski definition) is 1.